The highest BCUT2D eigenvalue weighted by atomic mass is 19.1. The largest absolute Gasteiger partial charge is 0.506 e. The Morgan fingerprint density at radius 3 is 2.97 bits per heavy atom. The number of aromatic nitrogens is 2. The van der Waals surface area contributed by atoms with Gasteiger partial charge in [0.2, 0.25) is 5.88 Å². The van der Waals surface area contributed by atoms with Crippen LogP contribution in [0.1, 0.15) is 40.9 Å². The smallest absolute Gasteiger partial charge is 0.267 e. The Labute approximate surface area is 165 Å². The fourth-order valence-electron chi connectivity index (χ4n) is 3.83. The van der Waals surface area contributed by atoms with E-state index in [2.05, 4.69) is 10.3 Å². The molecule has 0 radical (unpaired) electrons. The lowest BCUT2D eigenvalue weighted by Crippen LogP contribution is -2.36. The van der Waals surface area contributed by atoms with Crippen molar-refractivity contribution >= 4 is 16.8 Å². The molecule has 2 aromatic heterocycles. The standard InChI is InChI=1S/C21H20FN3O4/c1-11-3-4-13-8-14(22)9-15-18(13)25(11)21(28)17(19(15)26)20(27)24-10-12-5-6-23-16(7-12)29-2/h5-9,11,26H,3-4,10H2,1-2H3,(H,24,27). The lowest BCUT2D eigenvalue weighted by Gasteiger charge is -2.26. The minimum atomic E-state index is -0.725. The van der Waals surface area contributed by atoms with Crippen molar-refractivity contribution in [3.05, 3.63) is 63.3 Å². The van der Waals surface area contributed by atoms with Gasteiger partial charge in [0.15, 0.2) is 0 Å². The van der Waals surface area contributed by atoms with Crippen molar-refractivity contribution in [2.75, 3.05) is 7.11 Å². The average molecular weight is 397 g/mol. The first kappa shape index (κ1) is 18.9. The number of pyridine rings is 2. The van der Waals surface area contributed by atoms with E-state index in [1.54, 1.807) is 18.3 Å². The van der Waals surface area contributed by atoms with Crippen molar-refractivity contribution in [2.24, 2.45) is 0 Å². The summed E-state index contributed by atoms with van der Waals surface area (Å²) >= 11 is 0. The van der Waals surface area contributed by atoms with Gasteiger partial charge in [0.1, 0.15) is 17.1 Å². The van der Waals surface area contributed by atoms with E-state index in [0.717, 1.165) is 6.07 Å². The minimum Gasteiger partial charge on any atom is -0.506 e. The van der Waals surface area contributed by atoms with E-state index < -0.39 is 23.0 Å². The molecule has 3 aromatic rings. The van der Waals surface area contributed by atoms with Crippen LogP contribution < -0.4 is 15.6 Å². The van der Waals surface area contributed by atoms with Gasteiger partial charge in [-0.2, -0.15) is 0 Å². The summed E-state index contributed by atoms with van der Waals surface area (Å²) in [4.78, 5) is 29.9. The van der Waals surface area contributed by atoms with Crippen LogP contribution in [-0.2, 0) is 13.0 Å². The summed E-state index contributed by atoms with van der Waals surface area (Å²) in [6.45, 7) is 1.98. The molecule has 0 spiro atoms. The molecule has 0 saturated carbocycles. The van der Waals surface area contributed by atoms with Crippen LogP contribution in [0.3, 0.4) is 0 Å². The fraction of sp³-hybridized carbons (Fsp3) is 0.286. The first-order valence-electron chi connectivity index (χ1n) is 9.27. The Hall–Kier alpha value is -3.42. The molecular weight excluding hydrogens is 377 g/mol. The first-order valence-corrected chi connectivity index (χ1v) is 9.27. The Balaban J connectivity index is 1.77. The van der Waals surface area contributed by atoms with E-state index in [1.165, 1.54) is 17.7 Å². The molecule has 0 saturated heterocycles. The minimum absolute atomic E-state index is 0.110. The third kappa shape index (κ3) is 3.20. The van der Waals surface area contributed by atoms with E-state index in [9.17, 15) is 19.1 Å². The zero-order valence-corrected chi connectivity index (χ0v) is 16.0. The Bertz CT molecular complexity index is 1190. The van der Waals surface area contributed by atoms with E-state index in [-0.39, 0.29) is 23.5 Å². The van der Waals surface area contributed by atoms with Crippen molar-refractivity contribution < 1.29 is 19.0 Å². The highest BCUT2D eigenvalue weighted by molar-refractivity contribution is 6.03. The summed E-state index contributed by atoms with van der Waals surface area (Å²) in [6, 6.07) is 5.72. The molecule has 0 bridgehead atoms. The predicted molar refractivity (Wildman–Crippen MR) is 105 cm³/mol. The highest BCUT2D eigenvalue weighted by Crippen LogP contribution is 2.35. The first-order chi connectivity index (χ1) is 13.9. The second kappa shape index (κ2) is 7.20. The molecule has 2 N–H and O–H groups in total. The third-order valence-corrected chi connectivity index (χ3v) is 5.28. The van der Waals surface area contributed by atoms with Crippen molar-refractivity contribution in [3.8, 4) is 11.6 Å². The normalized spacial score (nSPS) is 15.3. The SMILES string of the molecule is COc1cc(CNC(=O)c2c(O)c3cc(F)cc4c3n(c2=O)C(C)CC4)ccn1. The number of hydrogen-bond acceptors (Lipinski definition) is 5. The van der Waals surface area contributed by atoms with Gasteiger partial charge in [-0.3, -0.25) is 9.59 Å². The summed E-state index contributed by atoms with van der Waals surface area (Å²) in [5.41, 5.74) is 0.890. The molecule has 3 heterocycles. The Kier molecular flexibility index (Phi) is 4.70. The molecule has 4 rings (SSSR count). The lowest BCUT2D eigenvalue weighted by molar-refractivity contribution is 0.0946. The van der Waals surface area contributed by atoms with Crippen LogP contribution in [0, 0.1) is 5.82 Å². The number of nitrogens with zero attached hydrogens (tertiary/aromatic N) is 2. The van der Waals surface area contributed by atoms with Crippen LogP contribution in [-0.4, -0.2) is 27.7 Å². The molecule has 1 aliphatic heterocycles. The summed E-state index contributed by atoms with van der Waals surface area (Å²) in [5, 5.41) is 13.5. The van der Waals surface area contributed by atoms with Crippen molar-refractivity contribution in [2.45, 2.75) is 32.4 Å². The molecule has 0 aliphatic carbocycles. The maximum Gasteiger partial charge on any atom is 0.267 e. The van der Waals surface area contributed by atoms with Gasteiger partial charge in [-0.05, 0) is 49.1 Å². The number of hydrogen-bond donors (Lipinski definition) is 2. The zero-order chi connectivity index (χ0) is 20.7. The fourth-order valence-corrected chi connectivity index (χ4v) is 3.83. The summed E-state index contributed by atoms with van der Waals surface area (Å²) < 4.78 is 20.6. The number of aryl methyl sites for hydroxylation is 1. The van der Waals surface area contributed by atoms with E-state index in [4.69, 9.17) is 4.74 Å². The van der Waals surface area contributed by atoms with Crippen LogP contribution in [0.2, 0.25) is 0 Å². The molecule has 8 heteroatoms. The van der Waals surface area contributed by atoms with Gasteiger partial charge >= 0.3 is 0 Å². The van der Waals surface area contributed by atoms with Crippen LogP contribution in [0.15, 0.2) is 35.3 Å². The summed E-state index contributed by atoms with van der Waals surface area (Å²) in [7, 11) is 1.48. The van der Waals surface area contributed by atoms with Crippen LogP contribution in [0.25, 0.3) is 10.9 Å². The van der Waals surface area contributed by atoms with Gasteiger partial charge < -0.3 is 19.7 Å². The van der Waals surface area contributed by atoms with Crippen molar-refractivity contribution in [3.63, 3.8) is 0 Å². The average Bonchev–Trinajstić information content (AvgIpc) is 2.71. The maximum atomic E-state index is 14.1. The molecule has 1 atom stereocenters. The van der Waals surface area contributed by atoms with E-state index in [0.29, 0.717) is 35.4 Å². The van der Waals surface area contributed by atoms with E-state index in [1.807, 2.05) is 6.92 Å². The molecule has 1 unspecified atom stereocenters. The number of carbonyl (C=O) groups excluding carboxylic acids is 1. The summed E-state index contributed by atoms with van der Waals surface area (Å²) in [5.74, 6) is -1.34. The molecule has 0 fully saturated rings. The number of nitrogens with one attached hydrogen (secondary N) is 1. The van der Waals surface area contributed by atoms with Crippen molar-refractivity contribution in [1.29, 1.82) is 0 Å². The molecular formula is C21H20FN3O4. The molecule has 1 aliphatic rings. The predicted octanol–water partition coefficient (Wildman–Crippen LogP) is 2.69. The third-order valence-electron chi connectivity index (χ3n) is 5.28. The van der Waals surface area contributed by atoms with Crippen LogP contribution >= 0.6 is 0 Å². The Morgan fingerprint density at radius 1 is 1.41 bits per heavy atom. The highest BCUT2D eigenvalue weighted by Gasteiger charge is 2.28. The van der Waals surface area contributed by atoms with Gasteiger partial charge in [-0.15, -0.1) is 0 Å². The Morgan fingerprint density at radius 2 is 2.21 bits per heavy atom. The zero-order valence-electron chi connectivity index (χ0n) is 16.0. The number of benzene rings is 1. The van der Waals surface area contributed by atoms with Crippen LogP contribution in [0.5, 0.6) is 11.6 Å². The quantitative estimate of drug-likeness (QED) is 0.706. The van der Waals surface area contributed by atoms with Gasteiger partial charge in [-0.1, -0.05) is 0 Å². The molecule has 7 nitrogen and oxygen atoms in total. The number of rotatable bonds is 4. The molecule has 29 heavy (non-hydrogen) atoms. The molecule has 1 amide bonds. The molecule has 150 valence electrons. The second-order valence-electron chi connectivity index (χ2n) is 7.14. The molecule has 1 aromatic carbocycles. The van der Waals surface area contributed by atoms with Gasteiger partial charge in [0.25, 0.3) is 11.5 Å². The van der Waals surface area contributed by atoms with Gasteiger partial charge in [0.05, 0.1) is 12.6 Å². The monoisotopic (exact) mass is 397 g/mol. The maximum absolute atomic E-state index is 14.1. The number of methoxy groups -OCH3 is 1. The number of carbonyl (C=O) groups is 1. The topological polar surface area (TPSA) is 93.5 Å². The van der Waals surface area contributed by atoms with E-state index >= 15 is 0 Å². The van der Waals surface area contributed by atoms with Gasteiger partial charge in [-0.25, -0.2) is 9.37 Å². The second-order valence-corrected chi connectivity index (χ2v) is 7.14. The van der Waals surface area contributed by atoms with Gasteiger partial charge in [0, 0.05) is 30.2 Å². The number of amides is 1. The summed E-state index contributed by atoms with van der Waals surface area (Å²) in [6.07, 6.45) is 2.79. The number of aromatic hydroxyl groups is 1. The lowest BCUT2D eigenvalue weighted by atomic mass is 9.95. The van der Waals surface area contributed by atoms with Crippen LogP contribution in [0.4, 0.5) is 4.39 Å². The number of ether oxygens (including phenoxy) is 1. The number of halogens is 1. The van der Waals surface area contributed by atoms with Crippen molar-refractivity contribution in [1.82, 2.24) is 14.9 Å².